The molecule has 0 spiro atoms. The largest absolute Gasteiger partial charge is 0.481 e. The standard InChI is InChI=1S/C14H21N3O4/c1-9(18)15-4-6-16(7-5-15)14(21)17-10-2-3-12(17)11(8-10)13(19)20/h10-12H,2-8H2,1H3,(H,19,20). The van der Waals surface area contributed by atoms with Crippen molar-refractivity contribution in [2.24, 2.45) is 5.92 Å². The number of nitrogens with zero attached hydrogens (tertiary/aromatic N) is 3. The van der Waals surface area contributed by atoms with Gasteiger partial charge in [0.2, 0.25) is 5.91 Å². The van der Waals surface area contributed by atoms with Gasteiger partial charge < -0.3 is 19.8 Å². The Morgan fingerprint density at radius 2 is 1.62 bits per heavy atom. The van der Waals surface area contributed by atoms with Gasteiger partial charge in [0.15, 0.2) is 0 Å². The molecule has 116 valence electrons. The van der Waals surface area contributed by atoms with Gasteiger partial charge in [-0.25, -0.2) is 4.79 Å². The predicted octanol–water partition coefficient (Wildman–Crippen LogP) is 0.208. The summed E-state index contributed by atoms with van der Waals surface area (Å²) in [5, 5.41) is 9.25. The average molecular weight is 295 g/mol. The van der Waals surface area contributed by atoms with E-state index in [4.69, 9.17) is 0 Å². The van der Waals surface area contributed by atoms with Crippen LogP contribution in [0.4, 0.5) is 4.79 Å². The van der Waals surface area contributed by atoms with E-state index in [1.54, 1.807) is 14.7 Å². The zero-order valence-electron chi connectivity index (χ0n) is 12.2. The van der Waals surface area contributed by atoms with Crippen LogP contribution in [0.2, 0.25) is 0 Å². The van der Waals surface area contributed by atoms with E-state index in [0.29, 0.717) is 32.6 Å². The van der Waals surface area contributed by atoms with Crippen molar-refractivity contribution in [3.05, 3.63) is 0 Å². The lowest BCUT2D eigenvalue weighted by Crippen LogP contribution is -2.54. The molecule has 3 aliphatic rings. The predicted molar refractivity (Wildman–Crippen MR) is 73.6 cm³/mol. The number of hydrogen-bond donors (Lipinski definition) is 1. The van der Waals surface area contributed by atoms with Crippen LogP contribution in [-0.4, -0.2) is 76.0 Å². The Hall–Kier alpha value is -1.79. The quantitative estimate of drug-likeness (QED) is 0.749. The molecular formula is C14H21N3O4. The molecule has 1 N–H and O–H groups in total. The van der Waals surface area contributed by atoms with Gasteiger partial charge in [0.05, 0.1) is 5.92 Å². The lowest BCUT2D eigenvalue weighted by molar-refractivity contribution is -0.142. The number of rotatable bonds is 1. The fourth-order valence-electron chi connectivity index (χ4n) is 3.93. The average Bonchev–Trinajstić information content (AvgIpc) is 3.04. The van der Waals surface area contributed by atoms with Crippen LogP contribution in [0.25, 0.3) is 0 Å². The summed E-state index contributed by atoms with van der Waals surface area (Å²) in [7, 11) is 0. The highest BCUT2D eigenvalue weighted by Gasteiger charge is 2.52. The summed E-state index contributed by atoms with van der Waals surface area (Å²) < 4.78 is 0. The molecule has 0 aromatic carbocycles. The summed E-state index contributed by atoms with van der Waals surface area (Å²) in [4.78, 5) is 40.5. The normalized spacial score (nSPS) is 31.7. The van der Waals surface area contributed by atoms with Gasteiger partial charge in [0.1, 0.15) is 0 Å². The second kappa shape index (κ2) is 5.20. The highest BCUT2D eigenvalue weighted by atomic mass is 16.4. The number of carbonyl (C=O) groups excluding carboxylic acids is 2. The summed E-state index contributed by atoms with van der Waals surface area (Å²) in [6.45, 7) is 3.73. The number of hydrogen-bond acceptors (Lipinski definition) is 3. The molecule has 3 aliphatic heterocycles. The molecule has 0 radical (unpaired) electrons. The van der Waals surface area contributed by atoms with Crippen LogP contribution in [0.5, 0.6) is 0 Å². The van der Waals surface area contributed by atoms with Gasteiger partial charge in [-0.05, 0) is 19.3 Å². The van der Waals surface area contributed by atoms with E-state index in [-0.39, 0.29) is 24.0 Å². The first-order valence-electron chi connectivity index (χ1n) is 7.54. The second-order valence-corrected chi connectivity index (χ2v) is 6.16. The maximum absolute atomic E-state index is 12.7. The van der Waals surface area contributed by atoms with E-state index < -0.39 is 11.9 Å². The monoisotopic (exact) mass is 295 g/mol. The molecule has 7 nitrogen and oxygen atoms in total. The summed E-state index contributed by atoms with van der Waals surface area (Å²) >= 11 is 0. The van der Waals surface area contributed by atoms with Crippen LogP contribution in [0, 0.1) is 5.92 Å². The molecule has 3 amide bonds. The van der Waals surface area contributed by atoms with Gasteiger partial charge in [-0.2, -0.15) is 0 Å². The molecule has 7 heteroatoms. The van der Waals surface area contributed by atoms with Gasteiger partial charge in [0.25, 0.3) is 0 Å². The third kappa shape index (κ3) is 2.34. The number of carbonyl (C=O) groups is 3. The molecule has 0 aliphatic carbocycles. The minimum atomic E-state index is -0.790. The first-order valence-corrected chi connectivity index (χ1v) is 7.54. The molecule has 0 aromatic rings. The first-order chi connectivity index (χ1) is 9.99. The number of aliphatic carboxylic acids is 1. The smallest absolute Gasteiger partial charge is 0.320 e. The molecule has 0 aromatic heterocycles. The van der Waals surface area contributed by atoms with E-state index in [9.17, 15) is 19.5 Å². The van der Waals surface area contributed by atoms with Crippen molar-refractivity contribution >= 4 is 17.9 Å². The second-order valence-electron chi connectivity index (χ2n) is 6.16. The van der Waals surface area contributed by atoms with E-state index in [1.807, 2.05) is 0 Å². The number of piperazine rings is 1. The molecule has 3 atom stereocenters. The zero-order valence-corrected chi connectivity index (χ0v) is 12.2. The van der Waals surface area contributed by atoms with E-state index in [0.717, 1.165) is 12.8 Å². The minimum Gasteiger partial charge on any atom is -0.481 e. The molecular weight excluding hydrogens is 274 g/mol. The SMILES string of the molecule is CC(=O)N1CCN(C(=O)N2C3CCC2C(C(=O)O)C3)CC1. The Morgan fingerprint density at radius 3 is 2.14 bits per heavy atom. The van der Waals surface area contributed by atoms with E-state index >= 15 is 0 Å². The Labute approximate surface area is 123 Å². The van der Waals surface area contributed by atoms with Gasteiger partial charge in [0, 0.05) is 45.2 Å². The summed E-state index contributed by atoms with van der Waals surface area (Å²) in [5.41, 5.74) is 0. The van der Waals surface area contributed by atoms with Crippen molar-refractivity contribution in [3.8, 4) is 0 Å². The van der Waals surface area contributed by atoms with Crippen molar-refractivity contribution in [1.82, 2.24) is 14.7 Å². The van der Waals surface area contributed by atoms with E-state index in [2.05, 4.69) is 0 Å². The Bertz CT molecular complexity index is 473. The first kappa shape index (κ1) is 14.2. The molecule has 3 unspecified atom stereocenters. The van der Waals surface area contributed by atoms with Crippen LogP contribution in [0.3, 0.4) is 0 Å². The van der Waals surface area contributed by atoms with Gasteiger partial charge >= 0.3 is 12.0 Å². The van der Waals surface area contributed by atoms with Crippen LogP contribution in [-0.2, 0) is 9.59 Å². The van der Waals surface area contributed by atoms with Crippen molar-refractivity contribution in [1.29, 1.82) is 0 Å². The Balaban J connectivity index is 1.64. The molecule has 3 heterocycles. The lowest BCUT2D eigenvalue weighted by Gasteiger charge is -2.37. The zero-order chi connectivity index (χ0) is 15.1. The number of carboxylic acid groups (broad SMARTS) is 1. The maximum atomic E-state index is 12.7. The molecule has 3 rings (SSSR count). The highest BCUT2D eigenvalue weighted by molar-refractivity contribution is 5.80. The third-order valence-corrected chi connectivity index (χ3v) is 5.07. The Kier molecular flexibility index (Phi) is 3.51. The number of carboxylic acids is 1. The summed E-state index contributed by atoms with van der Waals surface area (Å²) in [6, 6.07) is -0.116. The Morgan fingerprint density at radius 1 is 1.00 bits per heavy atom. The molecule has 21 heavy (non-hydrogen) atoms. The topological polar surface area (TPSA) is 81.2 Å². The van der Waals surface area contributed by atoms with Gasteiger partial charge in [-0.3, -0.25) is 9.59 Å². The van der Waals surface area contributed by atoms with Crippen LogP contribution < -0.4 is 0 Å². The van der Waals surface area contributed by atoms with E-state index in [1.165, 1.54) is 6.92 Å². The summed E-state index contributed by atoms with van der Waals surface area (Å²) in [6.07, 6.45) is 2.29. The number of amides is 3. The molecule has 3 fully saturated rings. The fourth-order valence-corrected chi connectivity index (χ4v) is 3.93. The van der Waals surface area contributed by atoms with Gasteiger partial charge in [-0.1, -0.05) is 0 Å². The molecule has 0 saturated carbocycles. The lowest BCUT2D eigenvalue weighted by atomic mass is 9.89. The highest BCUT2D eigenvalue weighted by Crippen LogP contribution is 2.42. The minimum absolute atomic E-state index is 0.0364. The van der Waals surface area contributed by atoms with Crippen LogP contribution in [0.1, 0.15) is 26.2 Å². The fraction of sp³-hybridized carbons (Fsp3) is 0.786. The van der Waals surface area contributed by atoms with Gasteiger partial charge in [-0.15, -0.1) is 0 Å². The maximum Gasteiger partial charge on any atom is 0.320 e. The summed E-state index contributed by atoms with van der Waals surface area (Å²) in [5.74, 6) is -1.16. The number of urea groups is 1. The van der Waals surface area contributed by atoms with Crippen molar-refractivity contribution < 1.29 is 19.5 Å². The molecule has 2 bridgehead atoms. The molecule has 3 saturated heterocycles. The van der Waals surface area contributed by atoms with Crippen LogP contribution >= 0.6 is 0 Å². The van der Waals surface area contributed by atoms with Crippen molar-refractivity contribution in [3.63, 3.8) is 0 Å². The van der Waals surface area contributed by atoms with Crippen molar-refractivity contribution in [2.75, 3.05) is 26.2 Å². The van der Waals surface area contributed by atoms with Crippen LogP contribution in [0.15, 0.2) is 0 Å². The third-order valence-electron chi connectivity index (χ3n) is 5.07. The van der Waals surface area contributed by atoms with Crippen molar-refractivity contribution in [2.45, 2.75) is 38.3 Å². The number of fused-ring (bicyclic) bond motifs is 2.